The van der Waals surface area contributed by atoms with Crippen molar-refractivity contribution < 1.29 is 4.79 Å². The number of rotatable bonds is 2. The van der Waals surface area contributed by atoms with E-state index in [4.69, 9.17) is 0 Å². The standard InChI is InChI=1S/C11H12N2OS.HI/c1-15-11-12-9(10(14)13-11)7-8-5-3-2-4-6-8;/h2-6,9H,7H2,1H3,(H,12,13,14);1H. The Balaban J connectivity index is 0.00000128. The van der Waals surface area contributed by atoms with Crippen molar-refractivity contribution in [3.8, 4) is 0 Å². The van der Waals surface area contributed by atoms with Gasteiger partial charge in [-0.2, -0.15) is 4.99 Å². The van der Waals surface area contributed by atoms with Crippen LogP contribution in [0.25, 0.3) is 0 Å². The fourth-order valence-corrected chi connectivity index (χ4v) is 1.96. The predicted octanol–water partition coefficient (Wildman–Crippen LogP) is 2.06. The number of carbonyl (C=O) groups excluding carboxylic acids is 1. The van der Waals surface area contributed by atoms with Crippen LogP contribution in [0.1, 0.15) is 5.56 Å². The van der Waals surface area contributed by atoms with Gasteiger partial charge in [-0.3, -0.25) is 4.79 Å². The molecule has 1 unspecified atom stereocenters. The van der Waals surface area contributed by atoms with Crippen LogP contribution < -0.4 is 5.32 Å². The van der Waals surface area contributed by atoms with Gasteiger partial charge >= 0.3 is 0 Å². The van der Waals surface area contributed by atoms with Crippen LogP contribution in [-0.4, -0.2) is 23.4 Å². The Morgan fingerprint density at radius 1 is 1.38 bits per heavy atom. The summed E-state index contributed by atoms with van der Waals surface area (Å²) in [5.74, 6) is -0.0665. The highest BCUT2D eigenvalue weighted by Gasteiger charge is 2.25. The number of halogens is 1. The topological polar surface area (TPSA) is 41.5 Å². The minimum Gasteiger partial charge on any atom is -0.352 e. The molecule has 0 aliphatic carbocycles. The van der Waals surface area contributed by atoms with Crippen LogP contribution >= 0.6 is 35.7 Å². The second-order valence-corrected chi connectivity index (χ2v) is 4.14. The van der Waals surface area contributed by atoms with Crippen LogP contribution in [0, 0.1) is 0 Å². The molecular formula is C11H13IN2OS. The van der Waals surface area contributed by atoms with Crippen LogP contribution in [-0.2, 0) is 11.2 Å². The zero-order chi connectivity index (χ0) is 10.7. The van der Waals surface area contributed by atoms with Gasteiger partial charge < -0.3 is 5.32 Å². The maximum absolute atomic E-state index is 11.5. The third kappa shape index (κ3) is 3.21. The van der Waals surface area contributed by atoms with Crippen molar-refractivity contribution in [1.82, 2.24) is 5.32 Å². The number of thioether (sulfide) groups is 1. The van der Waals surface area contributed by atoms with Crippen molar-refractivity contribution in [2.75, 3.05) is 6.26 Å². The molecule has 0 bridgehead atoms. The SMILES string of the molecule is CSC1=NC(=O)C(Cc2ccccc2)N1.I. The second-order valence-electron chi connectivity index (χ2n) is 3.35. The predicted molar refractivity (Wildman–Crippen MR) is 78.4 cm³/mol. The van der Waals surface area contributed by atoms with Gasteiger partial charge in [-0.15, -0.1) is 24.0 Å². The minimum absolute atomic E-state index is 0. The fraction of sp³-hybridized carbons (Fsp3) is 0.273. The molecule has 1 aromatic carbocycles. The van der Waals surface area contributed by atoms with Crippen LogP contribution in [0.3, 0.4) is 0 Å². The smallest absolute Gasteiger partial charge is 0.270 e. The largest absolute Gasteiger partial charge is 0.352 e. The molecule has 1 heterocycles. The number of amides is 1. The van der Waals surface area contributed by atoms with E-state index in [9.17, 15) is 4.79 Å². The van der Waals surface area contributed by atoms with Crippen molar-refractivity contribution in [2.45, 2.75) is 12.5 Å². The first-order valence-electron chi connectivity index (χ1n) is 4.76. The van der Waals surface area contributed by atoms with E-state index in [1.54, 1.807) is 0 Å². The number of nitrogens with zero attached hydrogens (tertiary/aromatic N) is 1. The van der Waals surface area contributed by atoms with Crippen molar-refractivity contribution in [1.29, 1.82) is 0 Å². The summed E-state index contributed by atoms with van der Waals surface area (Å²) in [6.45, 7) is 0. The van der Waals surface area contributed by atoms with Gasteiger partial charge in [0.15, 0.2) is 5.17 Å². The number of nitrogens with one attached hydrogen (secondary N) is 1. The maximum atomic E-state index is 11.5. The Hall–Kier alpha value is -0.560. The number of carbonyl (C=O) groups is 1. The molecule has 5 heteroatoms. The third-order valence-corrected chi connectivity index (χ3v) is 2.88. The average molecular weight is 348 g/mol. The quantitative estimate of drug-likeness (QED) is 0.832. The molecule has 0 aromatic heterocycles. The average Bonchev–Trinajstić information content (AvgIpc) is 2.61. The molecule has 0 saturated heterocycles. The summed E-state index contributed by atoms with van der Waals surface area (Å²) in [6.07, 6.45) is 2.61. The molecule has 0 fully saturated rings. The molecule has 1 amide bonds. The summed E-state index contributed by atoms with van der Waals surface area (Å²) in [7, 11) is 0. The van der Waals surface area contributed by atoms with E-state index in [1.807, 2.05) is 36.6 Å². The van der Waals surface area contributed by atoms with E-state index in [1.165, 1.54) is 11.8 Å². The van der Waals surface area contributed by atoms with Gasteiger partial charge in [0, 0.05) is 6.42 Å². The molecule has 16 heavy (non-hydrogen) atoms. The maximum Gasteiger partial charge on any atom is 0.270 e. The lowest BCUT2D eigenvalue weighted by molar-refractivity contribution is -0.118. The molecule has 1 aliphatic rings. The van der Waals surface area contributed by atoms with Gasteiger partial charge in [-0.1, -0.05) is 42.1 Å². The Labute approximate surface area is 116 Å². The Bertz CT molecular complexity index is 394. The van der Waals surface area contributed by atoms with Crippen molar-refractivity contribution >= 4 is 46.8 Å². The van der Waals surface area contributed by atoms with Gasteiger partial charge in [0.2, 0.25) is 0 Å². The van der Waals surface area contributed by atoms with Gasteiger partial charge in [0.1, 0.15) is 6.04 Å². The molecule has 1 atom stereocenters. The highest BCUT2D eigenvalue weighted by Crippen LogP contribution is 2.11. The van der Waals surface area contributed by atoms with Gasteiger partial charge in [-0.05, 0) is 11.8 Å². The lowest BCUT2D eigenvalue weighted by Gasteiger charge is -2.09. The lowest BCUT2D eigenvalue weighted by atomic mass is 10.1. The van der Waals surface area contributed by atoms with Crippen LogP contribution in [0.4, 0.5) is 0 Å². The molecule has 0 radical (unpaired) electrons. The lowest BCUT2D eigenvalue weighted by Crippen LogP contribution is -2.33. The normalized spacial score (nSPS) is 18.7. The first kappa shape index (κ1) is 13.5. The molecule has 2 rings (SSSR count). The van der Waals surface area contributed by atoms with E-state index < -0.39 is 0 Å². The number of hydrogen-bond donors (Lipinski definition) is 1. The zero-order valence-electron chi connectivity index (χ0n) is 8.84. The molecule has 1 N–H and O–H groups in total. The molecular weight excluding hydrogens is 335 g/mol. The van der Waals surface area contributed by atoms with Crippen molar-refractivity contribution in [3.05, 3.63) is 35.9 Å². The highest BCUT2D eigenvalue weighted by atomic mass is 127. The third-order valence-electron chi connectivity index (χ3n) is 2.28. The van der Waals surface area contributed by atoms with E-state index in [-0.39, 0.29) is 35.9 Å². The van der Waals surface area contributed by atoms with Crippen LogP contribution in [0.15, 0.2) is 35.3 Å². The molecule has 1 aliphatic heterocycles. The van der Waals surface area contributed by atoms with Crippen molar-refractivity contribution in [3.63, 3.8) is 0 Å². The van der Waals surface area contributed by atoms with Gasteiger partial charge in [0.05, 0.1) is 0 Å². The number of aliphatic imine (C=N–C) groups is 1. The number of benzene rings is 1. The summed E-state index contributed by atoms with van der Waals surface area (Å²) < 4.78 is 0. The Morgan fingerprint density at radius 2 is 2.06 bits per heavy atom. The molecule has 86 valence electrons. The van der Waals surface area contributed by atoms with Crippen LogP contribution in [0.2, 0.25) is 0 Å². The van der Waals surface area contributed by atoms with Crippen molar-refractivity contribution in [2.24, 2.45) is 4.99 Å². The fourth-order valence-electron chi connectivity index (χ4n) is 1.51. The van der Waals surface area contributed by atoms with Gasteiger partial charge in [0.25, 0.3) is 5.91 Å². The first-order chi connectivity index (χ1) is 7.29. The summed E-state index contributed by atoms with van der Waals surface area (Å²) in [5, 5.41) is 3.83. The van der Waals surface area contributed by atoms with E-state index >= 15 is 0 Å². The number of amidine groups is 1. The first-order valence-corrected chi connectivity index (χ1v) is 5.99. The van der Waals surface area contributed by atoms with E-state index in [0.717, 1.165) is 10.7 Å². The summed E-state index contributed by atoms with van der Waals surface area (Å²) >= 11 is 1.47. The highest BCUT2D eigenvalue weighted by molar-refractivity contribution is 14.0. The molecule has 1 aromatic rings. The Morgan fingerprint density at radius 3 is 2.62 bits per heavy atom. The van der Waals surface area contributed by atoms with E-state index in [2.05, 4.69) is 10.3 Å². The number of hydrogen-bond acceptors (Lipinski definition) is 3. The summed E-state index contributed by atoms with van der Waals surface area (Å²) in [6, 6.07) is 9.78. The molecule has 0 spiro atoms. The van der Waals surface area contributed by atoms with Gasteiger partial charge in [-0.25, -0.2) is 0 Å². The van der Waals surface area contributed by atoms with E-state index in [0.29, 0.717) is 6.42 Å². The monoisotopic (exact) mass is 348 g/mol. The minimum atomic E-state index is -0.185. The second kappa shape index (κ2) is 6.24. The Kier molecular flexibility index (Phi) is 5.27. The zero-order valence-corrected chi connectivity index (χ0v) is 12.0. The molecule has 3 nitrogen and oxygen atoms in total. The molecule has 0 saturated carbocycles. The summed E-state index contributed by atoms with van der Waals surface area (Å²) in [5.41, 5.74) is 1.15. The summed E-state index contributed by atoms with van der Waals surface area (Å²) in [4.78, 5) is 15.4. The van der Waals surface area contributed by atoms with Crippen LogP contribution in [0.5, 0.6) is 0 Å².